The Morgan fingerprint density at radius 2 is 1.88 bits per heavy atom. The van der Waals surface area contributed by atoms with E-state index in [1.54, 1.807) is 12.1 Å². The van der Waals surface area contributed by atoms with Gasteiger partial charge in [-0.25, -0.2) is 0 Å². The van der Waals surface area contributed by atoms with Gasteiger partial charge in [0.15, 0.2) is 5.11 Å². The number of halogens is 1. The maximum absolute atomic E-state index is 6.02. The van der Waals surface area contributed by atoms with Crippen molar-refractivity contribution in [3.05, 3.63) is 66.2 Å². The number of benzene rings is 2. The SMILES string of the molecule is C=CCOc1ccc(NC(=S)NCCOc2ccccc2Cl)cc1. The first-order chi connectivity index (χ1) is 11.7. The molecular weight excluding hydrogens is 344 g/mol. The quantitative estimate of drug-likeness (QED) is 0.417. The molecule has 0 aliphatic heterocycles. The van der Waals surface area contributed by atoms with E-state index in [-0.39, 0.29) is 0 Å². The zero-order valence-corrected chi connectivity index (χ0v) is 14.7. The van der Waals surface area contributed by atoms with Gasteiger partial charge in [-0.2, -0.15) is 0 Å². The third-order valence-corrected chi connectivity index (χ3v) is 3.52. The smallest absolute Gasteiger partial charge is 0.170 e. The Morgan fingerprint density at radius 3 is 2.58 bits per heavy atom. The van der Waals surface area contributed by atoms with Gasteiger partial charge in [-0.1, -0.05) is 36.4 Å². The van der Waals surface area contributed by atoms with Crippen LogP contribution in [0.15, 0.2) is 61.2 Å². The largest absolute Gasteiger partial charge is 0.490 e. The van der Waals surface area contributed by atoms with E-state index in [0.29, 0.717) is 35.6 Å². The van der Waals surface area contributed by atoms with Crippen molar-refractivity contribution in [2.45, 2.75) is 0 Å². The van der Waals surface area contributed by atoms with Gasteiger partial charge >= 0.3 is 0 Å². The monoisotopic (exact) mass is 362 g/mol. The van der Waals surface area contributed by atoms with Crippen LogP contribution in [0, 0.1) is 0 Å². The minimum atomic E-state index is 0.458. The van der Waals surface area contributed by atoms with Gasteiger partial charge in [0.25, 0.3) is 0 Å². The van der Waals surface area contributed by atoms with E-state index in [4.69, 9.17) is 33.3 Å². The molecule has 0 saturated heterocycles. The maximum atomic E-state index is 6.02. The Hall–Kier alpha value is -2.24. The van der Waals surface area contributed by atoms with Crippen molar-refractivity contribution in [1.29, 1.82) is 0 Å². The molecule has 0 fully saturated rings. The fourth-order valence-electron chi connectivity index (χ4n) is 1.85. The maximum Gasteiger partial charge on any atom is 0.170 e. The second-order valence-corrected chi connectivity index (χ2v) is 5.60. The highest BCUT2D eigenvalue weighted by atomic mass is 35.5. The van der Waals surface area contributed by atoms with E-state index in [0.717, 1.165) is 11.4 Å². The summed E-state index contributed by atoms with van der Waals surface area (Å²) in [7, 11) is 0. The van der Waals surface area contributed by atoms with Crippen molar-refractivity contribution >= 4 is 34.6 Å². The molecule has 0 saturated carbocycles. The third kappa shape index (κ3) is 6.10. The number of rotatable bonds is 8. The van der Waals surface area contributed by atoms with Crippen LogP contribution >= 0.6 is 23.8 Å². The molecule has 6 heteroatoms. The molecule has 0 bridgehead atoms. The molecule has 0 spiro atoms. The number of nitrogens with one attached hydrogen (secondary N) is 2. The number of ether oxygens (including phenoxy) is 2. The normalized spacial score (nSPS) is 9.88. The van der Waals surface area contributed by atoms with Gasteiger partial charge in [0.2, 0.25) is 0 Å². The predicted molar refractivity (Wildman–Crippen MR) is 103 cm³/mol. The molecule has 2 N–H and O–H groups in total. The lowest BCUT2D eigenvalue weighted by molar-refractivity contribution is 0.323. The molecule has 2 aromatic carbocycles. The number of anilines is 1. The molecule has 0 unspecified atom stereocenters. The molecule has 0 aromatic heterocycles. The van der Waals surface area contributed by atoms with Gasteiger partial charge in [0.1, 0.15) is 24.7 Å². The van der Waals surface area contributed by atoms with Gasteiger partial charge in [0.05, 0.1) is 11.6 Å². The Morgan fingerprint density at radius 1 is 1.12 bits per heavy atom. The lowest BCUT2D eigenvalue weighted by atomic mass is 10.3. The van der Waals surface area contributed by atoms with Crippen molar-refractivity contribution < 1.29 is 9.47 Å². The van der Waals surface area contributed by atoms with Gasteiger partial charge < -0.3 is 20.1 Å². The number of para-hydroxylation sites is 1. The van der Waals surface area contributed by atoms with E-state index < -0.39 is 0 Å². The van der Waals surface area contributed by atoms with E-state index in [9.17, 15) is 0 Å². The average molecular weight is 363 g/mol. The van der Waals surface area contributed by atoms with Crippen molar-refractivity contribution in [3.63, 3.8) is 0 Å². The highest BCUT2D eigenvalue weighted by Gasteiger charge is 2.01. The lowest BCUT2D eigenvalue weighted by Crippen LogP contribution is -2.31. The summed E-state index contributed by atoms with van der Waals surface area (Å²) in [5.41, 5.74) is 0.880. The van der Waals surface area contributed by atoms with E-state index in [2.05, 4.69) is 17.2 Å². The first-order valence-electron chi connectivity index (χ1n) is 7.45. The van der Waals surface area contributed by atoms with Gasteiger partial charge in [-0.3, -0.25) is 0 Å². The second kappa shape index (κ2) is 9.80. The van der Waals surface area contributed by atoms with E-state index >= 15 is 0 Å². The van der Waals surface area contributed by atoms with Crippen LogP contribution in [0.5, 0.6) is 11.5 Å². The van der Waals surface area contributed by atoms with E-state index in [1.807, 2.05) is 42.5 Å². The fourth-order valence-corrected chi connectivity index (χ4v) is 2.26. The Kier molecular flexibility index (Phi) is 7.39. The zero-order chi connectivity index (χ0) is 17.2. The number of hydrogen-bond donors (Lipinski definition) is 2. The van der Waals surface area contributed by atoms with Crippen molar-refractivity contribution in [1.82, 2.24) is 5.32 Å². The zero-order valence-electron chi connectivity index (χ0n) is 13.1. The third-order valence-electron chi connectivity index (χ3n) is 2.96. The van der Waals surface area contributed by atoms with Crippen LogP contribution in [0.2, 0.25) is 5.02 Å². The molecule has 0 aliphatic carbocycles. The summed E-state index contributed by atoms with van der Waals surface area (Å²) in [5, 5.41) is 7.30. The van der Waals surface area contributed by atoms with Crippen LogP contribution in [-0.4, -0.2) is 24.9 Å². The van der Waals surface area contributed by atoms with Crippen LogP contribution in [0.1, 0.15) is 0 Å². The topological polar surface area (TPSA) is 42.5 Å². The first-order valence-corrected chi connectivity index (χ1v) is 8.23. The van der Waals surface area contributed by atoms with Gasteiger partial charge in [0, 0.05) is 5.69 Å². The summed E-state index contributed by atoms with van der Waals surface area (Å²) in [5.74, 6) is 1.45. The molecule has 24 heavy (non-hydrogen) atoms. The highest BCUT2D eigenvalue weighted by molar-refractivity contribution is 7.80. The van der Waals surface area contributed by atoms with Crippen molar-refractivity contribution in [3.8, 4) is 11.5 Å². The molecule has 0 aliphatic rings. The highest BCUT2D eigenvalue weighted by Crippen LogP contribution is 2.22. The molecule has 0 amide bonds. The summed E-state index contributed by atoms with van der Waals surface area (Å²) in [6, 6.07) is 14.9. The van der Waals surface area contributed by atoms with Crippen molar-refractivity contribution in [2.75, 3.05) is 25.1 Å². The van der Waals surface area contributed by atoms with Crippen molar-refractivity contribution in [2.24, 2.45) is 0 Å². The Bertz CT molecular complexity index is 677. The summed E-state index contributed by atoms with van der Waals surface area (Å²) < 4.78 is 11.0. The molecule has 0 atom stereocenters. The molecule has 0 radical (unpaired) electrons. The Balaban J connectivity index is 1.69. The average Bonchev–Trinajstić information content (AvgIpc) is 2.59. The molecule has 2 aromatic rings. The molecule has 2 rings (SSSR count). The predicted octanol–water partition coefficient (Wildman–Crippen LogP) is 4.27. The van der Waals surface area contributed by atoms with E-state index in [1.165, 1.54) is 0 Å². The van der Waals surface area contributed by atoms with Crippen LogP contribution in [-0.2, 0) is 0 Å². The summed E-state index contributed by atoms with van der Waals surface area (Å²) in [6.07, 6.45) is 1.70. The van der Waals surface area contributed by atoms with Crippen LogP contribution in [0.25, 0.3) is 0 Å². The molecular formula is C18H19ClN2O2S. The summed E-state index contributed by atoms with van der Waals surface area (Å²) >= 11 is 11.3. The molecule has 126 valence electrons. The van der Waals surface area contributed by atoms with Gasteiger partial charge in [-0.05, 0) is 48.6 Å². The van der Waals surface area contributed by atoms with Crippen LogP contribution in [0.4, 0.5) is 5.69 Å². The second-order valence-electron chi connectivity index (χ2n) is 4.78. The standard InChI is InChI=1S/C18H19ClN2O2S/c1-2-12-22-15-9-7-14(8-10-15)21-18(24)20-11-13-23-17-6-4-3-5-16(17)19/h2-10H,1,11-13H2,(H2,20,21,24). The lowest BCUT2D eigenvalue weighted by Gasteiger charge is -2.12. The Labute approximate surface area is 152 Å². The van der Waals surface area contributed by atoms with Crippen LogP contribution in [0.3, 0.4) is 0 Å². The minimum Gasteiger partial charge on any atom is -0.490 e. The summed E-state index contributed by atoms with van der Waals surface area (Å²) in [4.78, 5) is 0. The minimum absolute atomic E-state index is 0.458. The fraction of sp³-hybridized carbons (Fsp3) is 0.167. The van der Waals surface area contributed by atoms with Crippen LogP contribution < -0.4 is 20.1 Å². The van der Waals surface area contributed by atoms with Gasteiger partial charge in [-0.15, -0.1) is 0 Å². The summed E-state index contributed by atoms with van der Waals surface area (Å²) in [6.45, 7) is 5.12. The number of thiocarbonyl (C=S) groups is 1. The molecule has 0 heterocycles. The number of hydrogen-bond acceptors (Lipinski definition) is 3. The molecule has 4 nitrogen and oxygen atoms in total. The first kappa shape index (κ1) is 18.1.